The van der Waals surface area contributed by atoms with E-state index >= 15 is 0 Å². The molecule has 3 amide bonds. The predicted molar refractivity (Wildman–Crippen MR) is 133 cm³/mol. The number of methoxy groups -OCH3 is 1. The summed E-state index contributed by atoms with van der Waals surface area (Å²) in [4.78, 5) is 46.7. The zero-order valence-corrected chi connectivity index (χ0v) is 22.1. The van der Waals surface area contributed by atoms with Crippen molar-refractivity contribution < 1.29 is 19.1 Å². The van der Waals surface area contributed by atoms with Gasteiger partial charge in [-0.1, -0.05) is 23.2 Å². The number of carbonyl (C=O) groups is 3. The molecule has 3 rings (SSSR count). The standard InChI is InChI=1S/C21H20BrCl2N7O4/c1-10(2)30(21(34)35-4)29-20(33)17-16(11(3)8-15(24)26-17)27-19(32)13-9-14(22)28-31(13)18-12(23)6-5-7-25-18/h5-10H,1-4H3,(H,27,32)(H,29,33). The number of amides is 3. The average molecular weight is 585 g/mol. The molecule has 0 aliphatic rings. The molecule has 0 saturated carbocycles. The van der Waals surface area contributed by atoms with E-state index in [2.05, 4.69) is 41.7 Å². The smallest absolute Gasteiger partial charge is 0.428 e. The van der Waals surface area contributed by atoms with E-state index in [1.165, 1.54) is 30.1 Å². The van der Waals surface area contributed by atoms with Crippen LogP contribution in [0.4, 0.5) is 10.5 Å². The van der Waals surface area contributed by atoms with Gasteiger partial charge in [-0.3, -0.25) is 15.0 Å². The Morgan fingerprint density at radius 2 is 1.91 bits per heavy atom. The van der Waals surface area contributed by atoms with Crippen molar-refractivity contribution in [2.24, 2.45) is 0 Å². The SMILES string of the molecule is COC(=O)N(NC(=O)c1nc(Cl)cc(C)c1NC(=O)c1cc(Br)nn1-c1ncccc1Cl)C(C)C. The lowest BCUT2D eigenvalue weighted by Gasteiger charge is -2.25. The number of hydrazine groups is 1. The Labute approximate surface area is 218 Å². The molecule has 0 fully saturated rings. The number of hydrogen-bond donors (Lipinski definition) is 2. The Morgan fingerprint density at radius 3 is 2.54 bits per heavy atom. The lowest BCUT2D eigenvalue weighted by molar-refractivity contribution is 0.0626. The first-order chi connectivity index (χ1) is 16.5. The van der Waals surface area contributed by atoms with E-state index in [1.807, 2.05) is 0 Å². The molecule has 0 aliphatic carbocycles. The number of ether oxygens (including phenoxy) is 1. The molecule has 35 heavy (non-hydrogen) atoms. The van der Waals surface area contributed by atoms with Gasteiger partial charge in [0.05, 0.1) is 23.9 Å². The molecule has 0 bridgehead atoms. The average Bonchev–Trinajstić information content (AvgIpc) is 3.19. The molecular formula is C21H20BrCl2N7O4. The van der Waals surface area contributed by atoms with E-state index in [4.69, 9.17) is 27.9 Å². The van der Waals surface area contributed by atoms with Gasteiger partial charge in [0.25, 0.3) is 11.8 Å². The van der Waals surface area contributed by atoms with Crippen molar-refractivity contribution in [2.45, 2.75) is 26.8 Å². The number of hydrogen-bond acceptors (Lipinski definition) is 7. The monoisotopic (exact) mass is 583 g/mol. The number of halogens is 3. The number of rotatable bonds is 5. The summed E-state index contributed by atoms with van der Waals surface area (Å²) in [5, 5.41) is 8.21. The fourth-order valence-electron chi connectivity index (χ4n) is 2.99. The van der Waals surface area contributed by atoms with E-state index in [-0.39, 0.29) is 33.1 Å². The summed E-state index contributed by atoms with van der Waals surface area (Å²) < 4.78 is 6.32. The molecular weight excluding hydrogens is 565 g/mol. The minimum absolute atomic E-state index is 0.0212. The lowest BCUT2D eigenvalue weighted by Crippen LogP contribution is -2.50. The van der Waals surface area contributed by atoms with Gasteiger partial charge >= 0.3 is 6.09 Å². The van der Waals surface area contributed by atoms with Gasteiger partial charge < -0.3 is 10.1 Å². The van der Waals surface area contributed by atoms with E-state index in [0.717, 1.165) is 5.01 Å². The predicted octanol–water partition coefficient (Wildman–Crippen LogP) is 4.41. The molecule has 3 aromatic heterocycles. The zero-order valence-electron chi connectivity index (χ0n) is 19.0. The molecule has 3 heterocycles. The highest BCUT2D eigenvalue weighted by molar-refractivity contribution is 9.10. The lowest BCUT2D eigenvalue weighted by atomic mass is 10.1. The summed E-state index contributed by atoms with van der Waals surface area (Å²) in [5.74, 6) is -1.17. The molecule has 11 nitrogen and oxygen atoms in total. The van der Waals surface area contributed by atoms with Gasteiger partial charge in [-0.15, -0.1) is 0 Å². The highest BCUT2D eigenvalue weighted by Crippen LogP contribution is 2.26. The van der Waals surface area contributed by atoms with Crippen LogP contribution in [0.2, 0.25) is 10.2 Å². The summed E-state index contributed by atoms with van der Waals surface area (Å²) in [7, 11) is 1.19. The molecule has 0 spiro atoms. The van der Waals surface area contributed by atoms with Crippen LogP contribution in [0.25, 0.3) is 5.82 Å². The van der Waals surface area contributed by atoms with Crippen molar-refractivity contribution in [3.05, 3.63) is 62.2 Å². The molecule has 0 atom stereocenters. The fraction of sp³-hybridized carbons (Fsp3) is 0.238. The molecule has 0 unspecified atom stereocenters. The van der Waals surface area contributed by atoms with E-state index in [1.54, 1.807) is 32.9 Å². The molecule has 0 aromatic carbocycles. The Kier molecular flexibility index (Phi) is 8.30. The normalized spacial score (nSPS) is 10.7. The molecule has 14 heteroatoms. The number of pyridine rings is 2. The van der Waals surface area contributed by atoms with Crippen molar-refractivity contribution in [3.8, 4) is 5.82 Å². The number of nitrogens with zero attached hydrogens (tertiary/aromatic N) is 5. The molecule has 0 saturated heterocycles. The maximum absolute atomic E-state index is 13.3. The number of anilines is 1. The van der Waals surface area contributed by atoms with Gasteiger partial charge in [-0.25, -0.2) is 24.5 Å². The quantitative estimate of drug-likeness (QED) is 0.335. The maximum Gasteiger partial charge on any atom is 0.428 e. The van der Waals surface area contributed by atoms with Crippen LogP contribution in [0.5, 0.6) is 0 Å². The number of aromatic nitrogens is 4. The second-order valence-electron chi connectivity index (χ2n) is 7.39. The van der Waals surface area contributed by atoms with E-state index in [0.29, 0.717) is 10.2 Å². The van der Waals surface area contributed by atoms with Crippen LogP contribution in [-0.2, 0) is 4.74 Å². The van der Waals surface area contributed by atoms with Crippen molar-refractivity contribution >= 4 is 62.7 Å². The minimum atomic E-state index is -0.785. The Bertz CT molecular complexity index is 1300. The van der Waals surface area contributed by atoms with Crippen molar-refractivity contribution in [3.63, 3.8) is 0 Å². The Hall–Kier alpha value is -3.22. The number of nitrogens with one attached hydrogen (secondary N) is 2. The Balaban J connectivity index is 1.99. The van der Waals surface area contributed by atoms with Crippen LogP contribution in [0.1, 0.15) is 40.4 Å². The van der Waals surface area contributed by atoms with Gasteiger partial charge in [0.1, 0.15) is 15.5 Å². The van der Waals surface area contributed by atoms with Crippen LogP contribution in [0, 0.1) is 6.92 Å². The van der Waals surface area contributed by atoms with Crippen molar-refractivity contribution in [1.82, 2.24) is 30.2 Å². The highest BCUT2D eigenvalue weighted by Gasteiger charge is 2.26. The topological polar surface area (TPSA) is 131 Å². The third kappa shape index (κ3) is 5.89. The van der Waals surface area contributed by atoms with Crippen molar-refractivity contribution in [2.75, 3.05) is 12.4 Å². The van der Waals surface area contributed by atoms with Gasteiger partial charge in [0.15, 0.2) is 11.5 Å². The van der Waals surface area contributed by atoms with Crippen LogP contribution >= 0.6 is 39.1 Å². The highest BCUT2D eigenvalue weighted by atomic mass is 79.9. The molecule has 0 radical (unpaired) electrons. The fourth-order valence-corrected chi connectivity index (χ4v) is 3.81. The zero-order chi connectivity index (χ0) is 25.9. The van der Waals surface area contributed by atoms with Gasteiger partial charge in [-0.2, -0.15) is 5.10 Å². The number of aryl methyl sites for hydroxylation is 1. The summed E-state index contributed by atoms with van der Waals surface area (Å²) in [6.07, 6.45) is 0.731. The van der Waals surface area contributed by atoms with Crippen LogP contribution in [-0.4, -0.2) is 55.8 Å². The molecule has 0 aliphatic heterocycles. The summed E-state index contributed by atoms with van der Waals surface area (Å²) >= 11 is 15.6. The Morgan fingerprint density at radius 1 is 1.20 bits per heavy atom. The first kappa shape index (κ1) is 26.4. The van der Waals surface area contributed by atoms with E-state index < -0.39 is 23.9 Å². The first-order valence-corrected chi connectivity index (χ1v) is 11.6. The molecule has 2 N–H and O–H groups in total. The van der Waals surface area contributed by atoms with Gasteiger partial charge in [0.2, 0.25) is 0 Å². The molecule has 3 aromatic rings. The van der Waals surface area contributed by atoms with Gasteiger partial charge in [0, 0.05) is 12.3 Å². The third-order valence-corrected chi connectivity index (χ3v) is 5.48. The first-order valence-electron chi connectivity index (χ1n) is 10.1. The van der Waals surface area contributed by atoms with Gasteiger partial charge in [-0.05, 0) is 60.5 Å². The number of carbonyl (C=O) groups excluding carboxylic acids is 3. The van der Waals surface area contributed by atoms with E-state index in [9.17, 15) is 14.4 Å². The van der Waals surface area contributed by atoms with Crippen molar-refractivity contribution in [1.29, 1.82) is 0 Å². The summed E-state index contributed by atoms with van der Waals surface area (Å²) in [6.45, 7) is 5.00. The van der Waals surface area contributed by atoms with Crippen LogP contribution in [0.3, 0.4) is 0 Å². The third-order valence-electron chi connectivity index (χ3n) is 4.60. The molecule has 184 valence electrons. The minimum Gasteiger partial charge on any atom is -0.452 e. The summed E-state index contributed by atoms with van der Waals surface area (Å²) in [6, 6.07) is 5.78. The van der Waals surface area contributed by atoms with Crippen LogP contribution in [0.15, 0.2) is 35.1 Å². The maximum atomic E-state index is 13.3. The largest absolute Gasteiger partial charge is 0.452 e. The summed E-state index contributed by atoms with van der Waals surface area (Å²) in [5.41, 5.74) is 2.85. The second-order valence-corrected chi connectivity index (χ2v) is 8.99. The van der Waals surface area contributed by atoms with Crippen LogP contribution < -0.4 is 10.7 Å². The second kappa shape index (κ2) is 11.0.